The molecule has 0 bridgehead atoms. The quantitative estimate of drug-likeness (QED) is 0.0771. The average molecular weight is 1110 g/mol. The number of thiophene rings is 1. The molecule has 85 heavy (non-hydrogen) atoms. The van der Waals surface area contributed by atoms with Crippen LogP contribution in [0, 0.1) is 0 Å². The van der Waals surface area contributed by atoms with Crippen LogP contribution in [-0.2, 0) is 0 Å². The fourth-order valence-electron chi connectivity index (χ4n) is 14.2. The van der Waals surface area contributed by atoms with Crippen molar-refractivity contribution in [1.29, 1.82) is 0 Å². The number of hydrogen-bond acceptors (Lipinski definition) is 1. The van der Waals surface area contributed by atoms with E-state index < -0.39 is 8.07 Å². The summed E-state index contributed by atoms with van der Waals surface area (Å²) >= 11 is 1.97. The molecule has 17 aromatic rings. The van der Waals surface area contributed by atoms with Crippen LogP contribution in [0.1, 0.15) is 0 Å². The molecule has 1 nitrogen and oxygen atoms in total. The van der Waals surface area contributed by atoms with E-state index in [9.17, 15) is 0 Å². The molecule has 0 N–H and O–H groups in total. The van der Waals surface area contributed by atoms with Gasteiger partial charge in [0.2, 0.25) is 0 Å². The maximum Gasteiger partial charge on any atom is 0.181 e. The van der Waals surface area contributed by atoms with Crippen molar-refractivity contribution >= 4 is 125 Å². The second kappa shape index (κ2) is 19.9. The lowest BCUT2D eigenvalue weighted by atomic mass is 9.90. The summed E-state index contributed by atoms with van der Waals surface area (Å²) in [5.74, 6) is 0. The predicted octanol–water partition coefficient (Wildman–Crippen LogP) is 19.8. The lowest BCUT2D eigenvalue weighted by Crippen LogP contribution is -2.74. The van der Waals surface area contributed by atoms with Crippen LogP contribution in [0.4, 0.5) is 0 Å². The highest BCUT2D eigenvalue weighted by atomic mass is 32.1. The molecule has 0 saturated carbocycles. The third-order valence-electron chi connectivity index (χ3n) is 18.1. The topological polar surface area (TPSA) is 4.93 Å². The number of hydrogen-bond donors (Lipinski definition) is 0. The zero-order valence-electron chi connectivity index (χ0n) is 46.5. The Hall–Kier alpha value is -10.4. The van der Waals surface area contributed by atoms with Gasteiger partial charge in [0.15, 0.2) is 8.07 Å². The summed E-state index contributed by atoms with van der Waals surface area (Å²) in [4.78, 5) is 0. The number of nitrogens with zero attached hydrogens (tertiary/aromatic N) is 1. The van der Waals surface area contributed by atoms with Gasteiger partial charge in [-0.3, -0.25) is 0 Å². The first kappa shape index (κ1) is 49.2. The summed E-state index contributed by atoms with van der Waals surface area (Å²) in [6.45, 7) is 0. The highest BCUT2D eigenvalue weighted by Gasteiger charge is 2.43. The van der Waals surface area contributed by atoms with Crippen molar-refractivity contribution in [3.8, 4) is 50.2 Å². The van der Waals surface area contributed by atoms with Crippen LogP contribution < -0.4 is 20.7 Å². The summed E-state index contributed by atoms with van der Waals surface area (Å²) < 4.78 is 5.12. The van der Waals surface area contributed by atoms with Crippen molar-refractivity contribution in [3.05, 3.63) is 322 Å². The van der Waals surface area contributed by atoms with Gasteiger partial charge in [-0.25, -0.2) is 0 Å². The molecule has 3 heteroatoms. The molecule has 0 unspecified atom stereocenters. The SMILES string of the molecule is c1ccc([Si](c2ccccc2)(c2cccc(-n3c4ccccc4c4ccccc43)c2)c2cccc3c2sc2c(-c4cc(-c5ccc6cc(-c7cccc(-c8cc9ccccc9c9ccccc89)c7)ccc6c5)cc5ccccc45)cccc23)cc1. The smallest absolute Gasteiger partial charge is 0.181 e. The molecule has 0 aliphatic carbocycles. The van der Waals surface area contributed by atoms with Crippen LogP contribution in [0.5, 0.6) is 0 Å². The van der Waals surface area contributed by atoms with Crippen LogP contribution >= 0.6 is 11.3 Å². The maximum absolute atomic E-state index is 3.08. The third kappa shape index (κ3) is 7.89. The van der Waals surface area contributed by atoms with Gasteiger partial charge in [-0.2, -0.15) is 0 Å². The molecule has 0 spiro atoms. The van der Waals surface area contributed by atoms with Crippen molar-refractivity contribution in [2.75, 3.05) is 0 Å². The first-order chi connectivity index (χ1) is 42.1. The number of benzene rings is 15. The van der Waals surface area contributed by atoms with Crippen molar-refractivity contribution < 1.29 is 0 Å². The Morgan fingerprint density at radius 1 is 0.235 bits per heavy atom. The monoisotopic (exact) mass is 1110 g/mol. The molecule has 0 aliphatic rings. The van der Waals surface area contributed by atoms with E-state index in [1.54, 1.807) is 0 Å². The Morgan fingerprint density at radius 3 is 1.44 bits per heavy atom. The molecular formula is C82H53NSSi. The molecule has 396 valence electrons. The van der Waals surface area contributed by atoms with E-state index in [2.05, 4.69) is 326 Å². The van der Waals surface area contributed by atoms with E-state index in [0.717, 1.165) is 0 Å². The summed E-state index contributed by atoms with van der Waals surface area (Å²) in [6.07, 6.45) is 0. The molecule has 0 aliphatic heterocycles. The zero-order chi connectivity index (χ0) is 56.0. The van der Waals surface area contributed by atoms with Gasteiger partial charge in [0.1, 0.15) is 0 Å². The van der Waals surface area contributed by atoms with Crippen LogP contribution in [-0.4, -0.2) is 12.6 Å². The van der Waals surface area contributed by atoms with Crippen molar-refractivity contribution in [3.63, 3.8) is 0 Å². The largest absolute Gasteiger partial charge is 0.309 e. The van der Waals surface area contributed by atoms with Crippen LogP contribution in [0.2, 0.25) is 0 Å². The molecule has 15 aromatic carbocycles. The fraction of sp³-hybridized carbons (Fsp3) is 0. The van der Waals surface area contributed by atoms with Crippen molar-refractivity contribution in [2.24, 2.45) is 0 Å². The van der Waals surface area contributed by atoms with E-state index in [1.807, 2.05) is 11.3 Å². The molecule has 17 rings (SSSR count). The highest BCUT2D eigenvalue weighted by molar-refractivity contribution is 7.31. The van der Waals surface area contributed by atoms with Gasteiger partial charge in [0.05, 0.1) is 11.0 Å². The molecule has 0 fully saturated rings. The maximum atomic E-state index is 2.51. The Labute approximate surface area is 498 Å². The van der Waals surface area contributed by atoms with Crippen molar-refractivity contribution in [2.45, 2.75) is 0 Å². The van der Waals surface area contributed by atoms with E-state index in [1.165, 1.54) is 156 Å². The molecule has 0 atom stereocenters. The van der Waals surface area contributed by atoms with Crippen LogP contribution in [0.25, 0.3) is 135 Å². The van der Waals surface area contributed by atoms with Crippen LogP contribution in [0.3, 0.4) is 0 Å². The fourth-order valence-corrected chi connectivity index (χ4v) is 20.9. The minimum Gasteiger partial charge on any atom is -0.309 e. The number of aromatic nitrogens is 1. The van der Waals surface area contributed by atoms with E-state index in [4.69, 9.17) is 0 Å². The van der Waals surface area contributed by atoms with Gasteiger partial charge >= 0.3 is 0 Å². The molecule has 2 aromatic heterocycles. The molecular weight excluding hydrogens is 1060 g/mol. The number of rotatable bonds is 9. The van der Waals surface area contributed by atoms with E-state index in [0.29, 0.717) is 0 Å². The lowest BCUT2D eigenvalue weighted by Gasteiger charge is -2.35. The third-order valence-corrected chi connectivity index (χ3v) is 24.3. The second-order valence-electron chi connectivity index (χ2n) is 22.7. The summed E-state index contributed by atoms with van der Waals surface area (Å²) in [5, 5.41) is 20.6. The van der Waals surface area contributed by atoms with Crippen molar-refractivity contribution in [1.82, 2.24) is 4.57 Å². The summed E-state index contributed by atoms with van der Waals surface area (Å²) in [6, 6.07) is 121. The Morgan fingerprint density at radius 2 is 0.729 bits per heavy atom. The van der Waals surface area contributed by atoms with Gasteiger partial charge in [0, 0.05) is 42.2 Å². The zero-order valence-corrected chi connectivity index (χ0v) is 48.3. The predicted molar refractivity (Wildman–Crippen MR) is 369 cm³/mol. The number of fused-ring (bicyclic) bond motifs is 11. The Balaban J connectivity index is 0.802. The first-order valence-electron chi connectivity index (χ1n) is 29.4. The normalized spacial score (nSPS) is 12.0. The average Bonchev–Trinajstić information content (AvgIpc) is 2.01. The molecule has 0 saturated heterocycles. The Bertz CT molecular complexity index is 5410. The summed E-state index contributed by atoms with van der Waals surface area (Å²) in [5.41, 5.74) is 13.4. The summed E-state index contributed by atoms with van der Waals surface area (Å²) in [7, 11) is -3.08. The molecule has 0 amide bonds. The number of para-hydroxylation sites is 2. The van der Waals surface area contributed by atoms with E-state index >= 15 is 0 Å². The second-order valence-corrected chi connectivity index (χ2v) is 27.5. The van der Waals surface area contributed by atoms with Gasteiger partial charge < -0.3 is 4.57 Å². The first-order valence-corrected chi connectivity index (χ1v) is 32.2. The van der Waals surface area contributed by atoms with Crippen LogP contribution in [0.15, 0.2) is 322 Å². The Kier molecular flexibility index (Phi) is 11.5. The lowest BCUT2D eigenvalue weighted by molar-refractivity contribution is 1.18. The molecule has 2 heterocycles. The standard InChI is InChI=1S/C82H53NSSi/c1-3-26-64(27-4-1)85(65-28-5-2-6-29-65,66-30-18-25-63(53-66)83-78-40-15-13-35-71(78)72-36-14-16-41-79(72)83)80-42-20-39-74-73-37-19-38-75(81(73)84-82(74)80)77-52-62(50-59-21-7-10-32-68(59)77)58-46-45-56-47-55(43-44-57(56)48-58)54-23-17-24-60(49-54)76-51-61-22-8-9-31-67(61)69-33-11-12-34-70(69)76/h1-53H. The van der Waals surface area contributed by atoms with Gasteiger partial charge in [-0.15, -0.1) is 11.3 Å². The molecule has 0 radical (unpaired) electrons. The van der Waals surface area contributed by atoms with Gasteiger partial charge in [0.25, 0.3) is 0 Å². The van der Waals surface area contributed by atoms with Gasteiger partial charge in [-0.05, 0) is 163 Å². The highest BCUT2D eigenvalue weighted by Crippen LogP contribution is 2.44. The van der Waals surface area contributed by atoms with Gasteiger partial charge in [-0.1, -0.05) is 261 Å². The minimum absolute atomic E-state index is 1.17. The minimum atomic E-state index is -3.08. The van der Waals surface area contributed by atoms with E-state index in [-0.39, 0.29) is 0 Å².